The minimum absolute atomic E-state index is 1.01. The van der Waals surface area contributed by atoms with Crippen LogP contribution in [0.2, 0.25) is 0 Å². The zero-order chi connectivity index (χ0) is 14.2. The lowest BCUT2D eigenvalue weighted by molar-refractivity contribution is 0.427. The molecule has 0 aromatic carbocycles. The lowest BCUT2D eigenvalue weighted by Crippen LogP contribution is -1.96. The van der Waals surface area contributed by atoms with Gasteiger partial charge in [0.05, 0.1) is 0 Å². The van der Waals surface area contributed by atoms with Gasteiger partial charge in [-0.1, -0.05) is 106 Å². The molecular weight excluding hydrogens is 216 g/mol. The Balaban J connectivity index is 0. The topological polar surface area (TPSA) is 0 Å². The maximum atomic E-state index is 2.30. The summed E-state index contributed by atoms with van der Waals surface area (Å²) in [5.74, 6) is 2.03. The first-order chi connectivity index (χ1) is 8.69. The van der Waals surface area contributed by atoms with Gasteiger partial charge in [0.2, 0.25) is 0 Å². The molecule has 0 radical (unpaired) electrons. The highest BCUT2D eigenvalue weighted by Gasteiger charge is 2.01. The average molecular weight is 257 g/mol. The Bertz CT molecular complexity index is 100. The molecule has 0 aromatic rings. The average Bonchev–Trinajstić information content (AvgIpc) is 2.39. The van der Waals surface area contributed by atoms with Gasteiger partial charge in [-0.25, -0.2) is 0 Å². The van der Waals surface area contributed by atoms with Crippen molar-refractivity contribution in [3.05, 3.63) is 0 Å². The van der Waals surface area contributed by atoms with Crippen LogP contribution in [0, 0.1) is 11.8 Å². The summed E-state index contributed by atoms with van der Waals surface area (Å²) in [6.45, 7) is 13.7. The summed E-state index contributed by atoms with van der Waals surface area (Å²) in [4.78, 5) is 0. The van der Waals surface area contributed by atoms with Crippen molar-refractivity contribution in [2.24, 2.45) is 11.8 Å². The molecule has 0 spiro atoms. The Hall–Kier alpha value is 0. The Labute approximate surface area is 118 Å². The Morgan fingerprint density at radius 3 is 0.778 bits per heavy atom. The molecule has 0 aromatic heterocycles. The number of hydrogen-bond donors (Lipinski definition) is 0. The molecule has 0 bridgehead atoms. The lowest BCUT2D eigenvalue weighted by Gasteiger charge is -2.10. The molecule has 0 saturated carbocycles. The largest absolute Gasteiger partial charge is 0.0654 e. The molecule has 0 heteroatoms. The van der Waals surface area contributed by atoms with E-state index < -0.39 is 0 Å². The Kier molecular flexibility index (Phi) is 19.2. The fraction of sp³-hybridized carbons (Fsp3) is 1.00. The van der Waals surface area contributed by atoms with E-state index in [0.717, 1.165) is 11.8 Å². The summed E-state index contributed by atoms with van der Waals surface area (Å²) in [5, 5.41) is 0. The second-order valence-electron chi connectivity index (χ2n) is 5.70. The maximum absolute atomic E-state index is 2.30. The van der Waals surface area contributed by atoms with Crippen molar-refractivity contribution >= 4 is 0 Å². The fourth-order valence-corrected chi connectivity index (χ4v) is 2.74. The van der Waals surface area contributed by atoms with Crippen molar-refractivity contribution in [2.45, 2.75) is 106 Å². The van der Waals surface area contributed by atoms with Crippen molar-refractivity contribution in [2.75, 3.05) is 0 Å². The van der Waals surface area contributed by atoms with E-state index in [1.807, 2.05) is 0 Å². The molecule has 0 unspecified atom stereocenters. The van der Waals surface area contributed by atoms with Crippen LogP contribution in [-0.4, -0.2) is 0 Å². The molecule has 0 rings (SSSR count). The van der Waals surface area contributed by atoms with Gasteiger partial charge in [-0.2, -0.15) is 0 Å². The molecule has 0 nitrogen and oxygen atoms in total. The van der Waals surface area contributed by atoms with E-state index in [9.17, 15) is 0 Å². The quantitative estimate of drug-likeness (QED) is 0.387. The highest BCUT2D eigenvalue weighted by atomic mass is 14.1. The molecule has 18 heavy (non-hydrogen) atoms. The van der Waals surface area contributed by atoms with Crippen molar-refractivity contribution in [3.63, 3.8) is 0 Å². The van der Waals surface area contributed by atoms with Crippen LogP contribution in [0.15, 0.2) is 0 Å². The van der Waals surface area contributed by atoms with Crippen LogP contribution in [0.25, 0.3) is 0 Å². The smallest absolute Gasteiger partial charge is 0.0417 e. The van der Waals surface area contributed by atoms with E-state index in [-0.39, 0.29) is 0 Å². The molecule has 0 amide bonds. The molecule has 112 valence electrons. The van der Waals surface area contributed by atoms with Crippen molar-refractivity contribution in [1.82, 2.24) is 0 Å². The van der Waals surface area contributed by atoms with Crippen molar-refractivity contribution in [3.8, 4) is 0 Å². The number of rotatable bonds is 10. The van der Waals surface area contributed by atoms with Gasteiger partial charge in [0, 0.05) is 0 Å². The molecule has 0 heterocycles. The third-order valence-corrected chi connectivity index (χ3v) is 3.94. The predicted octanol–water partition coefficient (Wildman–Crippen LogP) is 7.23. The van der Waals surface area contributed by atoms with Crippen LogP contribution in [0.1, 0.15) is 106 Å². The molecule has 0 N–H and O–H groups in total. The van der Waals surface area contributed by atoms with E-state index in [1.165, 1.54) is 64.2 Å². The van der Waals surface area contributed by atoms with Gasteiger partial charge in [0.15, 0.2) is 0 Å². The molecule has 0 aliphatic carbocycles. The van der Waals surface area contributed by atoms with E-state index in [1.54, 1.807) is 0 Å². The number of hydrogen-bond acceptors (Lipinski definition) is 0. The lowest BCUT2D eigenvalue weighted by atomic mass is 9.96. The molecule has 0 aliphatic rings. The first-order valence-corrected chi connectivity index (χ1v) is 8.69. The summed E-state index contributed by atoms with van der Waals surface area (Å²) in [5.41, 5.74) is 0. The third kappa shape index (κ3) is 14.1. The van der Waals surface area contributed by atoms with Crippen molar-refractivity contribution < 1.29 is 0 Å². The first kappa shape index (κ1) is 20.3. The van der Waals surface area contributed by atoms with Crippen LogP contribution in [0.5, 0.6) is 0 Å². The minimum atomic E-state index is 1.01. The predicted molar refractivity (Wildman–Crippen MR) is 87.2 cm³/mol. The summed E-state index contributed by atoms with van der Waals surface area (Å²) in [6, 6.07) is 0. The van der Waals surface area contributed by atoms with E-state index in [2.05, 4.69) is 41.5 Å². The van der Waals surface area contributed by atoms with Crippen LogP contribution in [0.4, 0.5) is 0 Å². The summed E-state index contributed by atoms with van der Waals surface area (Å²) >= 11 is 0. The monoisotopic (exact) mass is 256 g/mol. The highest BCUT2D eigenvalue weighted by Crippen LogP contribution is 2.16. The fourth-order valence-electron chi connectivity index (χ4n) is 2.74. The molecular formula is C18H40. The first-order valence-electron chi connectivity index (χ1n) is 8.69. The maximum Gasteiger partial charge on any atom is -0.0417 e. The van der Waals surface area contributed by atoms with Crippen LogP contribution in [0.3, 0.4) is 0 Å². The van der Waals surface area contributed by atoms with Gasteiger partial charge in [0.25, 0.3) is 0 Å². The highest BCUT2D eigenvalue weighted by molar-refractivity contribution is 4.54. The zero-order valence-electron chi connectivity index (χ0n) is 14.2. The summed E-state index contributed by atoms with van der Waals surface area (Å²) in [6.07, 6.45) is 13.9. The second kappa shape index (κ2) is 17.0. The normalized spacial score (nSPS) is 10.7. The van der Waals surface area contributed by atoms with Crippen molar-refractivity contribution in [1.29, 1.82) is 0 Å². The van der Waals surface area contributed by atoms with Crippen LogP contribution >= 0.6 is 0 Å². The Morgan fingerprint density at radius 2 is 0.667 bits per heavy atom. The second-order valence-corrected chi connectivity index (χ2v) is 5.70. The van der Waals surface area contributed by atoms with E-state index >= 15 is 0 Å². The van der Waals surface area contributed by atoms with Gasteiger partial charge >= 0.3 is 0 Å². The van der Waals surface area contributed by atoms with Crippen LogP contribution in [-0.2, 0) is 0 Å². The van der Waals surface area contributed by atoms with Gasteiger partial charge in [0.1, 0.15) is 0 Å². The molecule has 0 saturated heterocycles. The zero-order valence-corrected chi connectivity index (χ0v) is 14.2. The molecule has 0 fully saturated rings. The van der Waals surface area contributed by atoms with E-state index in [4.69, 9.17) is 0 Å². The summed E-state index contributed by atoms with van der Waals surface area (Å²) in [7, 11) is 0. The molecule has 0 aliphatic heterocycles. The van der Waals surface area contributed by atoms with Gasteiger partial charge < -0.3 is 0 Å². The summed E-state index contributed by atoms with van der Waals surface area (Å²) < 4.78 is 0. The van der Waals surface area contributed by atoms with E-state index in [0.29, 0.717) is 0 Å². The molecule has 0 atom stereocenters. The minimum Gasteiger partial charge on any atom is -0.0654 e. The van der Waals surface area contributed by atoms with Gasteiger partial charge in [-0.3, -0.25) is 0 Å². The SMILES string of the molecule is CCCC(CC)CCC.CCCC(CC)CCC. The van der Waals surface area contributed by atoms with Gasteiger partial charge in [-0.15, -0.1) is 0 Å². The Morgan fingerprint density at radius 1 is 0.444 bits per heavy atom. The van der Waals surface area contributed by atoms with Crippen LogP contribution < -0.4 is 0 Å². The van der Waals surface area contributed by atoms with Gasteiger partial charge in [-0.05, 0) is 11.8 Å². The standard InChI is InChI=1S/2C9H20/c2*1-4-7-9(6-3)8-5-2/h2*9H,4-8H2,1-3H3. The third-order valence-electron chi connectivity index (χ3n) is 3.94.